The summed E-state index contributed by atoms with van der Waals surface area (Å²) in [6.07, 6.45) is 1.17. The number of hydrogen-bond acceptors (Lipinski definition) is 4. The van der Waals surface area contributed by atoms with Crippen molar-refractivity contribution in [3.63, 3.8) is 0 Å². The molecule has 0 aliphatic carbocycles. The summed E-state index contributed by atoms with van der Waals surface area (Å²) in [7, 11) is 1.61. The van der Waals surface area contributed by atoms with Crippen molar-refractivity contribution in [1.29, 1.82) is 0 Å². The molecule has 0 unspecified atom stereocenters. The van der Waals surface area contributed by atoms with Crippen LogP contribution in [0, 0.1) is 5.92 Å². The molecule has 1 aliphatic heterocycles. The Morgan fingerprint density at radius 2 is 1.93 bits per heavy atom. The van der Waals surface area contributed by atoms with E-state index in [1.165, 1.54) is 4.90 Å². The molecule has 1 aromatic rings. The number of rotatable bonds is 7. The number of ether oxygens (including phenoxy) is 1. The van der Waals surface area contributed by atoms with Crippen molar-refractivity contribution in [1.82, 2.24) is 9.80 Å². The van der Waals surface area contributed by atoms with E-state index in [0.29, 0.717) is 25.9 Å². The van der Waals surface area contributed by atoms with Gasteiger partial charge in [-0.2, -0.15) is 0 Å². The fourth-order valence-electron chi connectivity index (χ4n) is 3.08. The summed E-state index contributed by atoms with van der Waals surface area (Å²) in [4.78, 5) is 38.9. The average Bonchev–Trinajstić information content (AvgIpc) is 2.61. The molecule has 1 N–H and O–H groups in total. The Morgan fingerprint density at radius 1 is 1.26 bits per heavy atom. The Labute approximate surface area is 159 Å². The van der Waals surface area contributed by atoms with Crippen LogP contribution >= 0.6 is 0 Å². The van der Waals surface area contributed by atoms with Gasteiger partial charge >= 0.3 is 5.97 Å². The van der Waals surface area contributed by atoms with Gasteiger partial charge in [0.2, 0.25) is 11.8 Å². The highest BCUT2D eigenvalue weighted by molar-refractivity contribution is 5.86. The van der Waals surface area contributed by atoms with Crippen LogP contribution < -0.4 is 4.74 Å². The Morgan fingerprint density at radius 3 is 2.52 bits per heavy atom. The van der Waals surface area contributed by atoms with Gasteiger partial charge in [0.05, 0.1) is 25.0 Å². The quantitative estimate of drug-likeness (QED) is 0.784. The fourth-order valence-corrected chi connectivity index (χ4v) is 3.08. The second-order valence-corrected chi connectivity index (χ2v) is 7.23. The lowest BCUT2D eigenvalue weighted by molar-refractivity contribution is -0.146. The first kappa shape index (κ1) is 20.7. The second kappa shape index (κ2) is 9.39. The maximum Gasteiger partial charge on any atom is 0.306 e. The largest absolute Gasteiger partial charge is 0.491 e. The zero-order chi connectivity index (χ0) is 20.0. The lowest BCUT2D eigenvalue weighted by Crippen LogP contribution is -2.45. The first-order chi connectivity index (χ1) is 12.8. The molecular weight excluding hydrogens is 348 g/mol. The Hall–Kier alpha value is -2.57. The summed E-state index contributed by atoms with van der Waals surface area (Å²) in [5.74, 6) is -0.765. The Bertz CT molecular complexity index is 681. The molecule has 1 aromatic carbocycles. The third kappa shape index (κ3) is 6.27. The van der Waals surface area contributed by atoms with E-state index < -0.39 is 5.97 Å². The minimum Gasteiger partial charge on any atom is -0.491 e. The number of benzene rings is 1. The number of carboxylic acid groups (broad SMARTS) is 1. The van der Waals surface area contributed by atoms with E-state index in [4.69, 9.17) is 9.84 Å². The molecule has 7 heteroatoms. The summed E-state index contributed by atoms with van der Waals surface area (Å²) in [6, 6.07) is 7.39. The highest BCUT2D eigenvalue weighted by Gasteiger charge is 2.27. The van der Waals surface area contributed by atoms with Crippen LogP contribution in [-0.2, 0) is 20.8 Å². The highest BCUT2D eigenvalue weighted by Crippen LogP contribution is 2.18. The van der Waals surface area contributed by atoms with Gasteiger partial charge < -0.3 is 19.6 Å². The zero-order valence-electron chi connectivity index (χ0n) is 16.2. The normalized spacial score (nSPS) is 14.9. The molecule has 2 amide bonds. The van der Waals surface area contributed by atoms with Gasteiger partial charge in [-0.3, -0.25) is 14.4 Å². The molecule has 0 spiro atoms. The Balaban J connectivity index is 1.85. The molecule has 7 nitrogen and oxygen atoms in total. The monoisotopic (exact) mass is 376 g/mol. The number of aliphatic carboxylic acids is 1. The first-order valence-corrected chi connectivity index (χ1v) is 9.26. The van der Waals surface area contributed by atoms with Gasteiger partial charge in [-0.05, 0) is 44.4 Å². The molecule has 2 rings (SSSR count). The topological polar surface area (TPSA) is 87.2 Å². The Kier molecular flexibility index (Phi) is 7.21. The van der Waals surface area contributed by atoms with E-state index in [1.807, 2.05) is 38.1 Å². The number of piperidine rings is 1. The standard InChI is InChI=1S/C20H28N2O5/c1-14(2)27-17-6-4-5-15(11-17)12-18(23)21(3)13-19(24)22-9-7-16(8-10-22)20(25)26/h4-6,11,14,16H,7-10,12-13H2,1-3H3,(H,25,26). The summed E-state index contributed by atoms with van der Waals surface area (Å²) < 4.78 is 5.64. The van der Waals surface area contributed by atoms with Crippen molar-refractivity contribution >= 4 is 17.8 Å². The van der Waals surface area contributed by atoms with E-state index in [0.717, 1.165) is 11.3 Å². The molecule has 1 aliphatic rings. The van der Waals surface area contributed by atoms with Gasteiger partial charge in [0.15, 0.2) is 0 Å². The SMILES string of the molecule is CC(C)Oc1cccc(CC(=O)N(C)CC(=O)N2CCC(C(=O)O)CC2)c1. The van der Waals surface area contributed by atoms with Crippen LogP contribution in [-0.4, -0.2) is 65.5 Å². The molecule has 0 aromatic heterocycles. The minimum atomic E-state index is -0.807. The molecule has 0 radical (unpaired) electrons. The van der Waals surface area contributed by atoms with Gasteiger partial charge in [0, 0.05) is 20.1 Å². The second-order valence-electron chi connectivity index (χ2n) is 7.23. The molecule has 27 heavy (non-hydrogen) atoms. The maximum absolute atomic E-state index is 12.4. The van der Waals surface area contributed by atoms with Crippen LogP contribution in [0.25, 0.3) is 0 Å². The smallest absolute Gasteiger partial charge is 0.306 e. The number of amides is 2. The van der Waals surface area contributed by atoms with Crippen molar-refractivity contribution in [2.24, 2.45) is 5.92 Å². The van der Waals surface area contributed by atoms with Crippen LogP contribution in [0.15, 0.2) is 24.3 Å². The highest BCUT2D eigenvalue weighted by atomic mass is 16.5. The lowest BCUT2D eigenvalue weighted by Gasteiger charge is -2.31. The molecule has 0 bridgehead atoms. The van der Waals surface area contributed by atoms with Gasteiger partial charge in [-0.1, -0.05) is 12.1 Å². The average molecular weight is 376 g/mol. The van der Waals surface area contributed by atoms with Crippen molar-refractivity contribution in [2.45, 2.75) is 39.2 Å². The molecule has 1 fully saturated rings. The summed E-state index contributed by atoms with van der Waals surface area (Å²) in [5.41, 5.74) is 0.833. The summed E-state index contributed by atoms with van der Waals surface area (Å²) in [5, 5.41) is 9.02. The van der Waals surface area contributed by atoms with Crippen LogP contribution in [0.1, 0.15) is 32.3 Å². The first-order valence-electron chi connectivity index (χ1n) is 9.26. The third-order valence-electron chi connectivity index (χ3n) is 4.62. The number of likely N-dealkylation sites (tertiary alicyclic amines) is 1. The predicted octanol–water partition coefficient (Wildman–Crippen LogP) is 1.80. The van der Waals surface area contributed by atoms with E-state index in [1.54, 1.807) is 11.9 Å². The van der Waals surface area contributed by atoms with Crippen LogP contribution in [0.5, 0.6) is 5.75 Å². The van der Waals surface area contributed by atoms with Gasteiger partial charge in [-0.25, -0.2) is 0 Å². The van der Waals surface area contributed by atoms with Crippen molar-refractivity contribution < 1.29 is 24.2 Å². The van der Waals surface area contributed by atoms with Crippen LogP contribution in [0.4, 0.5) is 0 Å². The lowest BCUT2D eigenvalue weighted by atomic mass is 9.97. The molecule has 0 saturated carbocycles. The molecule has 1 saturated heterocycles. The molecular formula is C20H28N2O5. The van der Waals surface area contributed by atoms with E-state index in [9.17, 15) is 14.4 Å². The van der Waals surface area contributed by atoms with Crippen molar-refractivity contribution in [3.8, 4) is 5.75 Å². The number of carboxylic acids is 1. The van der Waals surface area contributed by atoms with E-state index in [-0.39, 0.29) is 36.8 Å². The number of nitrogens with zero attached hydrogens (tertiary/aromatic N) is 2. The van der Waals surface area contributed by atoms with Gasteiger partial charge in [0.1, 0.15) is 5.75 Å². The van der Waals surface area contributed by atoms with Crippen molar-refractivity contribution in [3.05, 3.63) is 29.8 Å². The summed E-state index contributed by atoms with van der Waals surface area (Å²) in [6.45, 7) is 4.73. The van der Waals surface area contributed by atoms with Gasteiger partial charge in [0.25, 0.3) is 0 Å². The number of likely N-dealkylation sites (N-methyl/N-ethyl adjacent to an activating group) is 1. The fraction of sp³-hybridized carbons (Fsp3) is 0.550. The van der Waals surface area contributed by atoms with Gasteiger partial charge in [-0.15, -0.1) is 0 Å². The predicted molar refractivity (Wildman–Crippen MR) is 100 cm³/mol. The third-order valence-corrected chi connectivity index (χ3v) is 4.62. The minimum absolute atomic E-state index is 0.00123. The maximum atomic E-state index is 12.4. The number of carbonyl (C=O) groups is 3. The molecule has 0 atom stereocenters. The van der Waals surface area contributed by atoms with Crippen LogP contribution in [0.3, 0.4) is 0 Å². The van der Waals surface area contributed by atoms with E-state index in [2.05, 4.69) is 0 Å². The number of carbonyl (C=O) groups excluding carboxylic acids is 2. The van der Waals surface area contributed by atoms with Crippen LogP contribution in [0.2, 0.25) is 0 Å². The van der Waals surface area contributed by atoms with E-state index >= 15 is 0 Å². The van der Waals surface area contributed by atoms with Crippen molar-refractivity contribution in [2.75, 3.05) is 26.7 Å². The number of hydrogen-bond donors (Lipinski definition) is 1. The molecule has 1 heterocycles. The zero-order valence-corrected chi connectivity index (χ0v) is 16.2. The molecule has 148 valence electrons. The summed E-state index contributed by atoms with van der Waals surface area (Å²) >= 11 is 0.